The Balaban J connectivity index is 1.51. The van der Waals surface area contributed by atoms with Gasteiger partial charge in [-0.3, -0.25) is 24.1 Å². The topological polar surface area (TPSA) is 86.8 Å². The summed E-state index contributed by atoms with van der Waals surface area (Å²) in [4.78, 5) is 52.2. The molecule has 2 atom stereocenters. The first-order chi connectivity index (χ1) is 11.9. The van der Waals surface area contributed by atoms with Gasteiger partial charge < -0.3 is 10.2 Å². The molecule has 0 bridgehead atoms. The molecule has 1 spiro atoms. The molecule has 0 aliphatic carbocycles. The number of fused-ring (bicyclic) bond motifs is 1. The number of amides is 4. The third-order valence-electron chi connectivity index (χ3n) is 5.52. The van der Waals surface area contributed by atoms with Crippen LogP contribution in [0, 0.1) is 5.41 Å². The Morgan fingerprint density at radius 2 is 1.80 bits per heavy atom. The lowest BCUT2D eigenvalue weighted by atomic mass is 9.86. The maximum atomic E-state index is 12.9. The minimum absolute atomic E-state index is 0.0164. The first-order valence-corrected chi connectivity index (χ1v) is 8.44. The lowest BCUT2D eigenvalue weighted by molar-refractivity contribution is -0.134. The number of hydrogen-bond donors (Lipinski definition) is 1. The molecule has 4 amide bonds. The van der Waals surface area contributed by atoms with E-state index < -0.39 is 17.9 Å². The van der Waals surface area contributed by atoms with E-state index in [9.17, 15) is 19.2 Å². The Hall–Kier alpha value is -2.70. The first-order valence-electron chi connectivity index (χ1n) is 8.44. The van der Waals surface area contributed by atoms with Gasteiger partial charge in [0.15, 0.2) is 0 Å². The lowest BCUT2D eigenvalue weighted by Crippen LogP contribution is -2.49. The van der Waals surface area contributed by atoms with E-state index >= 15 is 0 Å². The molecule has 0 saturated carbocycles. The molecule has 130 valence electrons. The molecule has 1 N–H and O–H groups in total. The summed E-state index contributed by atoms with van der Waals surface area (Å²) in [6, 6.07) is 5.76. The maximum Gasteiger partial charge on any atom is 0.262 e. The number of likely N-dealkylation sites (tertiary alicyclic amines) is 1. The van der Waals surface area contributed by atoms with E-state index in [1.807, 2.05) is 0 Å². The molecule has 3 aliphatic rings. The van der Waals surface area contributed by atoms with Gasteiger partial charge in [-0.05, 0) is 25.5 Å². The van der Waals surface area contributed by atoms with Crippen LogP contribution in [0.3, 0.4) is 0 Å². The number of nitrogens with zero attached hydrogens (tertiary/aromatic N) is 2. The van der Waals surface area contributed by atoms with E-state index in [0.717, 1.165) is 11.3 Å². The average molecular weight is 341 g/mol. The van der Waals surface area contributed by atoms with Crippen molar-refractivity contribution < 1.29 is 19.2 Å². The van der Waals surface area contributed by atoms with Gasteiger partial charge in [-0.25, -0.2) is 0 Å². The molecule has 2 unspecified atom stereocenters. The molecule has 7 nitrogen and oxygen atoms in total. The van der Waals surface area contributed by atoms with Crippen LogP contribution in [0.4, 0.5) is 0 Å². The zero-order valence-corrected chi connectivity index (χ0v) is 13.9. The van der Waals surface area contributed by atoms with E-state index in [1.54, 1.807) is 36.1 Å². The fourth-order valence-corrected chi connectivity index (χ4v) is 4.10. The van der Waals surface area contributed by atoms with Crippen LogP contribution in [0.2, 0.25) is 0 Å². The number of nitrogens with one attached hydrogen (secondary N) is 1. The quantitative estimate of drug-likeness (QED) is 0.790. The Kier molecular flexibility index (Phi) is 3.42. The van der Waals surface area contributed by atoms with Gasteiger partial charge in [0.2, 0.25) is 11.8 Å². The van der Waals surface area contributed by atoms with Crippen LogP contribution in [0.15, 0.2) is 24.3 Å². The summed E-state index contributed by atoms with van der Waals surface area (Å²) in [7, 11) is 0. The van der Waals surface area contributed by atoms with Gasteiger partial charge >= 0.3 is 0 Å². The van der Waals surface area contributed by atoms with Crippen molar-refractivity contribution in [3.8, 4) is 0 Å². The summed E-state index contributed by atoms with van der Waals surface area (Å²) < 4.78 is 0. The van der Waals surface area contributed by atoms with Crippen LogP contribution < -0.4 is 5.32 Å². The van der Waals surface area contributed by atoms with Crippen molar-refractivity contribution in [1.82, 2.24) is 15.1 Å². The van der Waals surface area contributed by atoms with Gasteiger partial charge in [0.1, 0.15) is 6.04 Å². The van der Waals surface area contributed by atoms with Crippen LogP contribution in [0.5, 0.6) is 0 Å². The van der Waals surface area contributed by atoms with Gasteiger partial charge in [-0.2, -0.15) is 0 Å². The highest BCUT2D eigenvalue weighted by Gasteiger charge is 2.48. The van der Waals surface area contributed by atoms with Crippen molar-refractivity contribution in [3.05, 3.63) is 35.4 Å². The van der Waals surface area contributed by atoms with Crippen LogP contribution in [0.25, 0.3) is 0 Å². The summed E-state index contributed by atoms with van der Waals surface area (Å²) in [6.07, 6.45) is 1.19. The Morgan fingerprint density at radius 3 is 2.36 bits per heavy atom. The number of rotatable bonds is 2. The van der Waals surface area contributed by atoms with Gasteiger partial charge in [0, 0.05) is 31.5 Å². The molecular formula is C18H19N3O4. The normalized spacial score (nSPS) is 26.4. The zero-order valence-electron chi connectivity index (χ0n) is 13.9. The molecule has 2 saturated heterocycles. The minimum Gasteiger partial charge on any atom is -0.355 e. The average Bonchev–Trinajstić information content (AvgIpc) is 3.26. The molecule has 7 heteroatoms. The fourth-order valence-electron chi connectivity index (χ4n) is 4.10. The van der Waals surface area contributed by atoms with Crippen molar-refractivity contribution in [2.45, 2.75) is 25.8 Å². The zero-order chi connectivity index (χ0) is 17.8. The highest BCUT2D eigenvalue weighted by atomic mass is 16.2. The van der Waals surface area contributed by atoms with Gasteiger partial charge in [-0.1, -0.05) is 12.1 Å². The van der Waals surface area contributed by atoms with E-state index in [-0.39, 0.29) is 17.2 Å². The third kappa shape index (κ3) is 2.33. The van der Waals surface area contributed by atoms with Crippen molar-refractivity contribution in [1.29, 1.82) is 0 Å². The summed E-state index contributed by atoms with van der Waals surface area (Å²) >= 11 is 0. The molecule has 1 aromatic rings. The van der Waals surface area contributed by atoms with Gasteiger partial charge in [-0.15, -0.1) is 0 Å². The highest BCUT2D eigenvalue weighted by molar-refractivity contribution is 6.22. The summed E-state index contributed by atoms with van der Waals surface area (Å²) in [5.41, 5.74) is 0.486. The fraction of sp³-hybridized carbons (Fsp3) is 0.444. The molecule has 2 fully saturated rings. The second-order valence-electron chi connectivity index (χ2n) is 7.17. The lowest BCUT2D eigenvalue weighted by Gasteiger charge is -2.28. The summed E-state index contributed by atoms with van der Waals surface area (Å²) in [5, 5.41) is 2.83. The van der Waals surface area contributed by atoms with Crippen LogP contribution in [0.1, 0.15) is 40.5 Å². The standard InChI is InChI=1S/C18H19N3O4/c1-11(21-16(24)12-4-2-3-5-13(12)17(21)25)15(23)20-7-6-18(10-20)8-14(22)19-9-18/h2-5,11H,6-10H2,1H3,(H,19,22). The largest absolute Gasteiger partial charge is 0.355 e. The number of imide groups is 1. The summed E-state index contributed by atoms with van der Waals surface area (Å²) in [5.74, 6) is -1.07. The molecule has 3 heterocycles. The van der Waals surface area contributed by atoms with Gasteiger partial charge in [0.05, 0.1) is 11.1 Å². The van der Waals surface area contributed by atoms with Crippen LogP contribution in [-0.4, -0.2) is 59.1 Å². The Morgan fingerprint density at radius 1 is 1.16 bits per heavy atom. The minimum atomic E-state index is -0.854. The van der Waals surface area contributed by atoms with Crippen molar-refractivity contribution in [2.24, 2.45) is 5.41 Å². The molecule has 25 heavy (non-hydrogen) atoms. The number of hydrogen-bond acceptors (Lipinski definition) is 4. The number of carbonyl (C=O) groups excluding carboxylic acids is 4. The molecular weight excluding hydrogens is 322 g/mol. The second kappa shape index (κ2) is 5.40. The van der Waals surface area contributed by atoms with Gasteiger partial charge in [0.25, 0.3) is 11.8 Å². The SMILES string of the molecule is CC(C(=O)N1CCC2(CNC(=O)C2)C1)N1C(=O)c2ccccc2C1=O. The highest BCUT2D eigenvalue weighted by Crippen LogP contribution is 2.37. The molecule has 0 aromatic heterocycles. The van der Waals surface area contributed by atoms with Crippen LogP contribution in [-0.2, 0) is 9.59 Å². The van der Waals surface area contributed by atoms with Crippen LogP contribution >= 0.6 is 0 Å². The number of benzene rings is 1. The second-order valence-corrected chi connectivity index (χ2v) is 7.17. The maximum absolute atomic E-state index is 12.9. The molecule has 0 radical (unpaired) electrons. The van der Waals surface area contributed by atoms with Crippen molar-refractivity contribution in [2.75, 3.05) is 19.6 Å². The van der Waals surface area contributed by atoms with E-state index in [4.69, 9.17) is 0 Å². The monoisotopic (exact) mass is 341 g/mol. The van der Waals surface area contributed by atoms with E-state index in [0.29, 0.717) is 37.2 Å². The Labute approximate surface area is 145 Å². The van der Waals surface area contributed by atoms with Crippen molar-refractivity contribution in [3.63, 3.8) is 0 Å². The predicted molar refractivity (Wildman–Crippen MR) is 87.7 cm³/mol. The van der Waals surface area contributed by atoms with Crippen molar-refractivity contribution >= 4 is 23.6 Å². The molecule has 4 rings (SSSR count). The molecule has 1 aromatic carbocycles. The summed E-state index contributed by atoms with van der Waals surface area (Å²) in [6.45, 7) is 3.20. The predicted octanol–water partition coefficient (Wildman–Crippen LogP) is 0.410. The Bertz CT molecular complexity index is 770. The smallest absolute Gasteiger partial charge is 0.262 e. The third-order valence-corrected chi connectivity index (χ3v) is 5.52. The van der Waals surface area contributed by atoms with E-state index in [2.05, 4.69) is 5.32 Å². The number of carbonyl (C=O) groups is 4. The molecule has 3 aliphatic heterocycles. The first kappa shape index (κ1) is 15.8. The van der Waals surface area contributed by atoms with E-state index in [1.165, 1.54) is 0 Å².